The molecule has 2 aromatic carbocycles. The lowest BCUT2D eigenvalue weighted by molar-refractivity contribution is 0.0600. The van der Waals surface area contributed by atoms with Crippen molar-refractivity contribution in [1.82, 2.24) is 4.31 Å². The molecule has 0 amide bonds. The van der Waals surface area contributed by atoms with Gasteiger partial charge in [-0.2, -0.15) is 16.1 Å². The van der Waals surface area contributed by atoms with Crippen LogP contribution in [-0.2, 0) is 14.8 Å². The molecule has 0 bridgehead atoms. The van der Waals surface area contributed by atoms with Crippen LogP contribution in [0.4, 0.5) is 8.78 Å². The maximum atomic E-state index is 14.1. The topological polar surface area (TPSA) is 63.7 Å². The van der Waals surface area contributed by atoms with E-state index in [-0.39, 0.29) is 34.4 Å². The number of sulfonamides is 1. The van der Waals surface area contributed by atoms with Gasteiger partial charge in [0.05, 0.1) is 17.6 Å². The number of thioether (sulfide) groups is 1. The number of ether oxygens (including phenoxy) is 1. The summed E-state index contributed by atoms with van der Waals surface area (Å²) in [7, 11) is -2.51. The molecular formula is C19H19F2NO4S2. The fourth-order valence-electron chi connectivity index (χ4n) is 3.03. The van der Waals surface area contributed by atoms with Crippen molar-refractivity contribution >= 4 is 27.8 Å². The lowest BCUT2D eigenvalue weighted by Crippen LogP contribution is -2.33. The van der Waals surface area contributed by atoms with Gasteiger partial charge in [0, 0.05) is 29.7 Å². The summed E-state index contributed by atoms with van der Waals surface area (Å²) in [5.74, 6) is -1.10. The van der Waals surface area contributed by atoms with Crippen LogP contribution >= 0.6 is 11.8 Å². The minimum Gasteiger partial charge on any atom is -0.465 e. The van der Waals surface area contributed by atoms with Crippen LogP contribution in [0.5, 0.6) is 0 Å². The number of carbonyl (C=O) groups is 1. The molecule has 0 radical (unpaired) electrons. The van der Waals surface area contributed by atoms with E-state index in [2.05, 4.69) is 4.74 Å². The number of halogens is 2. The van der Waals surface area contributed by atoms with E-state index in [0.29, 0.717) is 12.2 Å². The Balaban J connectivity index is 1.77. The van der Waals surface area contributed by atoms with Crippen LogP contribution in [0.15, 0.2) is 47.4 Å². The number of benzene rings is 2. The minimum atomic E-state index is -3.76. The Hall–Kier alpha value is -1.97. The molecule has 0 aromatic heterocycles. The first-order chi connectivity index (χ1) is 13.3. The molecule has 1 aliphatic rings. The first kappa shape index (κ1) is 20.8. The van der Waals surface area contributed by atoms with Crippen LogP contribution in [0.2, 0.25) is 0 Å². The molecular weight excluding hydrogens is 408 g/mol. The van der Waals surface area contributed by atoms with Gasteiger partial charge in [0.1, 0.15) is 11.6 Å². The number of hydrogen-bond acceptors (Lipinski definition) is 5. The van der Waals surface area contributed by atoms with Crippen molar-refractivity contribution < 1.29 is 26.7 Å². The molecule has 1 aliphatic heterocycles. The largest absolute Gasteiger partial charge is 0.465 e. The second-order valence-electron chi connectivity index (χ2n) is 6.23. The Morgan fingerprint density at radius 3 is 2.54 bits per heavy atom. The Bertz CT molecular complexity index is 964. The summed E-state index contributed by atoms with van der Waals surface area (Å²) >= 11 is 1.41. The number of nitrogens with zero attached hydrogens (tertiary/aromatic N) is 1. The van der Waals surface area contributed by atoms with E-state index in [9.17, 15) is 22.0 Å². The average molecular weight is 427 g/mol. The van der Waals surface area contributed by atoms with E-state index in [4.69, 9.17) is 0 Å². The first-order valence-electron chi connectivity index (χ1n) is 8.58. The normalized spacial score (nSPS) is 18.5. The van der Waals surface area contributed by atoms with Crippen molar-refractivity contribution in [3.05, 3.63) is 65.2 Å². The molecule has 1 atom stereocenters. The van der Waals surface area contributed by atoms with Crippen LogP contribution in [0.1, 0.15) is 27.6 Å². The molecule has 0 unspecified atom stereocenters. The molecule has 9 heteroatoms. The quantitative estimate of drug-likeness (QED) is 0.698. The molecule has 0 aliphatic carbocycles. The van der Waals surface area contributed by atoms with Gasteiger partial charge in [-0.15, -0.1) is 0 Å². The Morgan fingerprint density at radius 1 is 1.14 bits per heavy atom. The zero-order chi connectivity index (χ0) is 20.3. The summed E-state index contributed by atoms with van der Waals surface area (Å²) in [5, 5.41) is -0.322. The third kappa shape index (κ3) is 4.37. The summed E-state index contributed by atoms with van der Waals surface area (Å²) in [6.45, 7) is 0.452. The molecule has 0 saturated carbocycles. The number of rotatable bonds is 4. The highest BCUT2D eigenvalue weighted by atomic mass is 32.2. The first-order valence-corrected chi connectivity index (χ1v) is 11.1. The second-order valence-corrected chi connectivity index (χ2v) is 9.48. The number of methoxy groups -OCH3 is 1. The highest BCUT2D eigenvalue weighted by Crippen LogP contribution is 2.37. The van der Waals surface area contributed by atoms with Crippen molar-refractivity contribution in [1.29, 1.82) is 0 Å². The third-order valence-electron chi connectivity index (χ3n) is 4.52. The van der Waals surface area contributed by atoms with Crippen molar-refractivity contribution in [3.8, 4) is 0 Å². The molecule has 28 heavy (non-hydrogen) atoms. The highest BCUT2D eigenvalue weighted by Gasteiger charge is 2.29. The van der Waals surface area contributed by atoms with Gasteiger partial charge in [0.25, 0.3) is 0 Å². The van der Waals surface area contributed by atoms with Gasteiger partial charge in [-0.3, -0.25) is 0 Å². The van der Waals surface area contributed by atoms with Crippen molar-refractivity contribution in [2.24, 2.45) is 0 Å². The molecule has 1 saturated heterocycles. The summed E-state index contributed by atoms with van der Waals surface area (Å²) in [6.07, 6.45) is 0.366. The maximum Gasteiger partial charge on any atom is 0.337 e. The average Bonchev–Trinajstić information content (AvgIpc) is 2.96. The Morgan fingerprint density at radius 2 is 1.86 bits per heavy atom. The fourth-order valence-corrected chi connectivity index (χ4v) is 5.84. The second kappa shape index (κ2) is 8.59. The SMILES string of the molecule is COC(=O)c1ccc(S(=O)(=O)N2CCS[C@@H](c3cc(F)ccc3F)CC2)cc1. The monoisotopic (exact) mass is 427 g/mol. The van der Waals surface area contributed by atoms with Gasteiger partial charge in [0.2, 0.25) is 10.0 Å². The smallest absolute Gasteiger partial charge is 0.337 e. The van der Waals surface area contributed by atoms with Gasteiger partial charge < -0.3 is 4.74 Å². The van der Waals surface area contributed by atoms with Gasteiger partial charge in [-0.05, 0) is 48.9 Å². The zero-order valence-electron chi connectivity index (χ0n) is 15.1. The van der Waals surface area contributed by atoms with Crippen LogP contribution in [0, 0.1) is 11.6 Å². The zero-order valence-corrected chi connectivity index (χ0v) is 16.7. The molecule has 0 spiro atoms. The van der Waals surface area contributed by atoms with Gasteiger partial charge in [-0.25, -0.2) is 22.0 Å². The molecule has 5 nitrogen and oxygen atoms in total. The van der Waals surface area contributed by atoms with Gasteiger partial charge in [-0.1, -0.05) is 0 Å². The van der Waals surface area contributed by atoms with E-state index < -0.39 is 27.6 Å². The van der Waals surface area contributed by atoms with E-state index in [1.54, 1.807) is 0 Å². The van der Waals surface area contributed by atoms with E-state index in [1.165, 1.54) is 53.5 Å². The van der Waals surface area contributed by atoms with Crippen LogP contribution in [0.25, 0.3) is 0 Å². The summed E-state index contributed by atoms with van der Waals surface area (Å²) in [6, 6.07) is 8.85. The number of esters is 1. The summed E-state index contributed by atoms with van der Waals surface area (Å²) < 4.78 is 59.3. The van der Waals surface area contributed by atoms with Crippen LogP contribution in [0.3, 0.4) is 0 Å². The predicted octanol–water partition coefficient (Wildman–Crippen LogP) is 3.62. The third-order valence-corrected chi connectivity index (χ3v) is 7.74. The van der Waals surface area contributed by atoms with E-state index >= 15 is 0 Å². The van der Waals surface area contributed by atoms with E-state index in [1.807, 2.05) is 0 Å². The highest BCUT2D eigenvalue weighted by molar-refractivity contribution is 7.99. The predicted molar refractivity (Wildman–Crippen MR) is 103 cm³/mol. The lowest BCUT2D eigenvalue weighted by atomic mass is 10.1. The van der Waals surface area contributed by atoms with E-state index in [0.717, 1.165) is 12.1 Å². The molecule has 150 valence electrons. The van der Waals surface area contributed by atoms with Crippen molar-refractivity contribution in [3.63, 3.8) is 0 Å². The summed E-state index contributed by atoms with van der Waals surface area (Å²) in [4.78, 5) is 11.6. The fraction of sp³-hybridized carbons (Fsp3) is 0.316. The lowest BCUT2D eigenvalue weighted by Gasteiger charge is -2.20. The molecule has 0 N–H and O–H groups in total. The maximum absolute atomic E-state index is 14.1. The Labute approximate surface area is 166 Å². The van der Waals surface area contributed by atoms with Crippen LogP contribution < -0.4 is 0 Å². The minimum absolute atomic E-state index is 0.0699. The van der Waals surface area contributed by atoms with Gasteiger partial charge in [0.15, 0.2) is 0 Å². The van der Waals surface area contributed by atoms with Gasteiger partial charge >= 0.3 is 5.97 Å². The standard InChI is InChI=1S/C19H19F2NO4S2/c1-26-19(23)13-2-5-15(6-3-13)28(24,25)22-9-8-18(27-11-10-22)16-12-14(20)4-7-17(16)21/h2-7,12,18H,8-11H2,1H3/t18-/m1/s1. The molecule has 1 fully saturated rings. The van der Waals surface area contributed by atoms with Crippen molar-refractivity contribution in [2.45, 2.75) is 16.6 Å². The van der Waals surface area contributed by atoms with Crippen molar-refractivity contribution in [2.75, 3.05) is 26.0 Å². The molecule has 2 aromatic rings. The molecule has 3 rings (SSSR count). The number of carbonyl (C=O) groups excluding carboxylic acids is 1. The van der Waals surface area contributed by atoms with Crippen LogP contribution in [-0.4, -0.2) is 44.6 Å². The molecule has 1 heterocycles. The summed E-state index contributed by atoms with van der Waals surface area (Å²) in [5.41, 5.74) is 0.515. The number of hydrogen-bond donors (Lipinski definition) is 0. The Kier molecular flexibility index (Phi) is 6.36.